The van der Waals surface area contributed by atoms with Crippen molar-refractivity contribution in [2.75, 3.05) is 11.9 Å². The van der Waals surface area contributed by atoms with Crippen molar-refractivity contribution in [1.82, 2.24) is 30.2 Å². The zero-order valence-corrected chi connectivity index (χ0v) is 24.7. The molecule has 15 heteroatoms. The van der Waals surface area contributed by atoms with Gasteiger partial charge in [-0.1, -0.05) is 42.5 Å². The number of carbonyl (C=O) groups excluding carboxylic acids is 2. The third kappa shape index (κ3) is 6.02. The highest BCUT2D eigenvalue weighted by molar-refractivity contribution is 5.96. The van der Waals surface area contributed by atoms with Crippen molar-refractivity contribution in [2.24, 2.45) is 0 Å². The van der Waals surface area contributed by atoms with Crippen molar-refractivity contribution in [1.29, 1.82) is 0 Å². The van der Waals surface area contributed by atoms with Gasteiger partial charge in [-0.25, -0.2) is 28.9 Å². The van der Waals surface area contributed by atoms with Gasteiger partial charge in [0, 0.05) is 18.7 Å². The van der Waals surface area contributed by atoms with Crippen LogP contribution in [0.15, 0.2) is 67.3 Å². The minimum atomic E-state index is -1.33. The van der Waals surface area contributed by atoms with Gasteiger partial charge >= 0.3 is 12.0 Å². The van der Waals surface area contributed by atoms with E-state index in [0.717, 1.165) is 11.6 Å². The van der Waals surface area contributed by atoms with Crippen LogP contribution in [0.3, 0.4) is 0 Å². The van der Waals surface area contributed by atoms with Crippen molar-refractivity contribution in [3.8, 4) is 0 Å². The van der Waals surface area contributed by atoms with Crippen LogP contribution >= 0.6 is 0 Å². The highest BCUT2D eigenvalue weighted by atomic mass is 19.1. The molecule has 2 saturated heterocycles. The van der Waals surface area contributed by atoms with Crippen LogP contribution in [0.25, 0.3) is 17.2 Å². The zero-order valence-electron chi connectivity index (χ0n) is 24.7. The Morgan fingerprint density at radius 1 is 1.04 bits per heavy atom. The standard InChI is InChI=1S/C31H30FN7O7/c1-3-33-30(43)38-25-21-26(36-15-35-25)39(16-37-21)28-24-22(45-31(2,46-24)13-12-17-8-5-4-6-9-17)23(44-28)27(40)34-14-19-18(29(41)42)10-7-11-20(19)32/h4-13,15-16,22-24,28H,3,14H2,1-2H3,(H,34,40)(H,41,42)(H2,33,35,36,38,43)/b13-12+. The first-order valence-corrected chi connectivity index (χ1v) is 14.4. The van der Waals surface area contributed by atoms with Crippen molar-refractivity contribution in [2.45, 2.75) is 50.7 Å². The van der Waals surface area contributed by atoms with Gasteiger partial charge in [0.15, 0.2) is 35.1 Å². The molecule has 3 amide bonds. The first kappa shape index (κ1) is 30.8. The number of carboxylic acids is 1. The number of fused-ring (bicyclic) bond motifs is 2. The van der Waals surface area contributed by atoms with Crippen molar-refractivity contribution < 1.29 is 38.1 Å². The number of rotatable bonds is 9. The summed E-state index contributed by atoms with van der Waals surface area (Å²) in [7, 11) is 0. The number of imidazole rings is 1. The molecule has 0 saturated carbocycles. The fourth-order valence-electron chi connectivity index (χ4n) is 5.44. The fraction of sp³-hybridized carbons (Fsp3) is 0.290. The molecule has 0 radical (unpaired) electrons. The second-order valence-electron chi connectivity index (χ2n) is 10.7. The Balaban J connectivity index is 1.31. The summed E-state index contributed by atoms with van der Waals surface area (Å²) in [5.41, 5.74) is 1.01. The number of ether oxygens (including phenoxy) is 3. The summed E-state index contributed by atoms with van der Waals surface area (Å²) in [6, 6.07) is 12.7. The van der Waals surface area contributed by atoms with Crippen molar-refractivity contribution >= 4 is 41.0 Å². The first-order chi connectivity index (χ1) is 22.2. The van der Waals surface area contributed by atoms with Crippen LogP contribution in [0, 0.1) is 5.82 Å². The molecule has 5 atom stereocenters. The van der Waals surface area contributed by atoms with Gasteiger partial charge in [-0.05, 0) is 37.6 Å². The quantitative estimate of drug-likeness (QED) is 0.214. The third-order valence-electron chi connectivity index (χ3n) is 7.56. The van der Waals surface area contributed by atoms with Gasteiger partial charge in [-0.15, -0.1) is 0 Å². The fourth-order valence-corrected chi connectivity index (χ4v) is 5.44. The zero-order chi connectivity index (χ0) is 32.4. The summed E-state index contributed by atoms with van der Waals surface area (Å²) in [5.74, 6) is -3.88. The van der Waals surface area contributed by atoms with E-state index in [1.807, 2.05) is 36.4 Å². The number of benzene rings is 2. The molecule has 2 aliphatic rings. The number of carbonyl (C=O) groups is 3. The van der Waals surface area contributed by atoms with E-state index < -0.39 is 60.6 Å². The average molecular weight is 632 g/mol. The molecule has 238 valence electrons. The van der Waals surface area contributed by atoms with Crippen LogP contribution in [0.1, 0.15) is 41.6 Å². The molecule has 0 aliphatic carbocycles. The summed E-state index contributed by atoms with van der Waals surface area (Å²) in [6.07, 6.45) is 2.22. The van der Waals surface area contributed by atoms with E-state index >= 15 is 0 Å². The van der Waals surface area contributed by atoms with Crippen LogP contribution in [0.4, 0.5) is 15.0 Å². The summed E-state index contributed by atoms with van der Waals surface area (Å²) >= 11 is 0. The van der Waals surface area contributed by atoms with E-state index in [1.165, 1.54) is 24.8 Å². The van der Waals surface area contributed by atoms with Crippen molar-refractivity contribution in [3.63, 3.8) is 0 Å². The van der Waals surface area contributed by atoms with E-state index in [1.54, 1.807) is 24.5 Å². The monoisotopic (exact) mass is 631 g/mol. The Morgan fingerprint density at radius 2 is 1.83 bits per heavy atom. The lowest BCUT2D eigenvalue weighted by Gasteiger charge is -2.25. The number of nitrogens with zero attached hydrogens (tertiary/aromatic N) is 4. The molecule has 0 spiro atoms. The van der Waals surface area contributed by atoms with Crippen LogP contribution in [0.5, 0.6) is 0 Å². The number of halogens is 1. The van der Waals surface area contributed by atoms with E-state index in [9.17, 15) is 23.9 Å². The summed E-state index contributed by atoms with van der Waals surface area (Å²) in [4.78, 5) is 50.3. The molecule has 5 unspecified atom stereocenters. The average Bonchev–Trinajstić information content (AvgIpc) is 3.72. The van der Waals surface area contributed by atoms with Crippen LogP contribution in [-0.4, -0.2) is 73.2 Å². The Labute approximate surface area is 261 Å². The normalized spacial score (nSPS) is 23.8. The minimum absolute atomic E-state index is 0.164. The lowest BCUT2D eigenvalue weighted by molar-refractivity contribution is -0.183. The van der Waals surface area contributed by atoms with Gasteiger partial charge in [0.05, 0.1) is 11.9 Å². The molecule has 4 aromatic rings. The topological polar surface area (TPSA) is 179 Å². The molecule has 2 aromatic carbocycles. The number of amides is 3. The van der Waals surface area contributed by atoms with Crippen molar-refractivity contribution in [3.05, 3.63) is 89.8 Å². The van der Waals surface area contributed by atoms with Crippen LogP contribution < -0.4 is 16.0 Å². The van der Waals surface area contributed by atoms with E-state index in [0.29, 0.717) is 12.2 Å². The Hall–Kier alpha value is -5.25. The van der Waals surface area contributed by atoms with Crippen LogP contribution in [-0.2, 0) is 25.5 Å². The molecule has 2 fully saturated rings. The molecular formula is C31H30FN7O7. The van der Waals surface area contributed by atoms with Gasteiger partial charge in [-0.3, -0.25) is 14.7 Å². The number of hydrogen-bond acceptors (Lipinski definition) is 9. The molecule has 4 heterocycles. The molecule has 0 bridgehead atoms. The molecular weight excluding hydrogens is 601 g/mol. The van der Waals surface area contributed by atoms with E-state index in [2.05, 4.69) is 30.9 Å². The maximum atomic E-state index is 14.6. The van der Waals surface area contributed by atoms with Gasteiger partial charge in [0.2, 0.25) is 0 Å². The second-order valence-corrected chi connectivity index (χ2v) is 10.7. The maximum Gasteiger partial charge on any atom is 0.336 e. The Bertz CT molecular complexity index is 1820. The van der Waals surface area contributed by atoms with Gasteiger partial charge < -0.3 is 30.0 Å². The predicted octanol–water partition coefficient (Wildman–Crippen LogP) is 3.23. The predicted molar refractivity (Wildman–Crippen MR) is 161 cm³/mol. The van der Waals surface area contributed by atoms with Gasteiger partial charge in [0.25, 0.3) is 5.91 Å². The summed E-state index contributed by atoms with van der Waals surface area (Å²) < 4.78 is 35.1. The number of carboxylic acid groups (broad SMARTS) is 1. The molecule has 6 rings (SSSR count). The Kier molecular flexibility index (Phi) is 8.44. The molecule has 2 aromatic heterocycles. The summed E-state index contributed by atoms with van der Waals surface area (Å²) in [5, 5.41) is 17.4. The maximum absolute atomic E-state index is 14.6. The number of anilines is 1. The van der Waals surface area contributed by atoms with Gasteiger partial charge in [0.1, 0.15) is 24.4 Å². The van der Waals surface area contributed by atoms with E-state index in [-0.39, 0.29) is 22.5 Å². The smallest absolute Gasteiger partial charge is 0.336 e. The lowest BCUT2D eigenvalue weighted by atomic mass is 10.1. The SMILES string of the molecule is CCNC(=O)Nc1ncnc2c1ncn2C1OC(C(=O)NCc2c(F)cccc2C(=O)O)C2OC(C)(/C=C/c3ccccc3)OC21. The number of aromatic carboxylic acids is 1. The number of hydrogen-bond donors (Lipinski definition) is 4. The first-order valence-electron chi connectivity index (χ1n) is 14.4. The number of aromatic nitrogens is 4. The molecule has 46 heavy (non-hydrogen) atoms. The second kappa shape index (κ2) is 12.6. The lowest BCUT2D eigenvalue weighted by Crippen LogP contribution is -2.43. The summed E-state index contributed by atoms with van der Waals surface area (Å²) in [6.45, 7) is 3.48. The van der Waals surface area contributed by atoms with Crippen LogP contribution in [0.2, 0.25) is 0 Å². The largest absolute Gasteiger partial charge is 0.478 e. The molecule has 4 N–H and O–H groups in total. The minimum Gasteiger partial charge on any atom is -0.478 e. The highest BCUT2D eigenvalue weighted by Gasteiger charge is 2.59. The third-order valence-corrected chi connectivity index (χ3v) is 7.56. The highest BCUT2D eigenvalue weighted by Crippen LogP contribution is 2.45. The number of urea groups is 1. The Morgan fingerprint density at radius 3 is 2.59 bits per heavy atom. The molecule has 2 aliphatic heterocycles. The van der Waals surface area contributed by atoms with E-state index in [4.69, 9.17) is 14.2 Å². The van der Waals surface area contributed by atoms with Gasteiger partial charge in [-0.2, -0.15) is 0 Å². The number of nitrogens with one attached hydrogen (secondary N) is 3. The molecule has 14 nitrogen and oxygen atoms in total.